The highest BCUT2D eigenvalue weighted by Crippen LogP contribution is 2.24. The molecule has 2 heterocycles. The van der Waals surface area contributed by atoms with E-state index < -0.39 is 11.9 Å². The van der Waals surface area contributed by atoms with Crippen molar-refractivity contribution < 1.29 is 14.0 Å². The van der Waals surface area contributed by atoms with E-state index in [0.29, 0.717) is 22.9 Å². The van der Waals surface area contributed by atoms with E-state index >= 15 is 0 Å². The van der Waals surface area contributed by atoms with Crippen molar-refractivity contribution in [1.29, 1.82) is 0 Å². The second-order valence-corrected chi connectivity index (χ2v) is 6.23. The monoisotopic (exact) mass is 347 g/mol. The molecule has 1 aliphatic heterocycles. The lowest BCUT2D eigenvalue weighted by molar-refractivity contribution is -0.119. The third kappa shape index (κ3) is 3.48. The predicted molar refractivity (Wildman–Crippen MR) is 89.4 cm³/mol. The topological polar surface area (TPSA) is 82.3 Å². The number of hydrogen-bond acceptors (Lipinski definition) is 4. The second-order valence-electron chi connectivity index (χ2n) is 5.23. The number of benzene rings is 1. The summed E-state index contributed by atoms with van der Waals surface area (Å²) in [5.74, 6) is -0.330. The Morgan fingerprint density at radius 2 is 2.12 bits per heavy atom. The number of rotatable bonds is 3. The molecule has 0 radical (unpaired) electrons. The number of anilines is 1. The van der Waals surface area contributed by atoms with Gasteiger partial charge in [0.05, 0.1) is 11.4 Å². The molecule has 6 nitrogen and oxygen atoms in total. The lowest BCUT2D eigenvalue weighted by Gasteiger charge is -2.23. The van der Waals surface area contributed by atoms with Crippen molar-refractivity contribution in [3.8, 4) is 0 Å². The van der Waals surface area contributed by atoms with Crippen molar-refractivity contribution in [1.82, 2.24) is 9.88 Å². The first kappa shape index (κ1) is 16.3. The van der Waals surface area contributed by atoms with Gasteiger partial charge in [0, 0.05) is 23.7 Å². The quantitative estimate of drug-likeness (QED) is 0.885. The summed E-state index contributed by atoms with van der Waals surface area (Å²) >= 11 is 1.46. The van der Waals surface area contributed by atoms with E-state index in [1.54, 1.807) is 6.07 Å². The van der Waals surface area contributed by atoms with E-state index in [9.17, 15) is 18.8 Å². The fourth-order valence-corrected chi connectivity index (χ4v) is 3.52. The van der Waals surface area contributed by atoms with Crippen LogP contribution in [0.25, 0.3) is 0 Å². The molecule has 1 fully saturated rings. The minimum atomic E-state index is -0.655. The molecule has 3 rings (SSSR count). The van der Waals surface area contributed by atoms with Gasteiger partial charge >= 0.3 is 0 Å². The van der Waals surface area contributed by atoms with Gasteiger partial charge in [0.25, 0.3) is 5.91 Å². The number of hydrogen-bond donors (Lipinski definition) is 2. The average Bonchev–Trinajstić information content (AvgIpc) is 3.04. The fraction of sp³-hybridized carbons (Fsp3) is 0.188. The fourth-order valence-electron chi connectivity index (χ4n) is 2.36. The first-order valence-electron chi connectivity index (χ1n) is 7.18. The van der Waals surface area contributed by atoms with Gasteiger partial charge in [-0.05, 0) is 24.3 Å². The number of halogens is 1. The van der Waals surface area contributed by atoms with Crippen LogP contribution in [0, 0.1) is 5.82 Å². The number of carbonyl (C=O) groups excluding carboxylic acids is 2. The highest BCUT2D eigenvalue weighted by atomic mass is 32.2. The lowest BCUT2D eigenvalue weighted by atomic mass is 10.2. The molecule has 1 saturated heterocycles. The number of aromatic nitrogens is 1. The molecule has 0 bridgehead atoms. The Morgan fingerprint density at radius 1 is 1.29 bits per heavy atom. The number of nitrogens with one attached hydrogen (secondary N) is 2. The second kappa shape index (κ2) is 6.88. The molecule has 0 saturated carbocycles. The summed E-state index contributed by atoms with van der Waals surface area (Å²) < 4.78 is 13.2. The van der Waals surface area contributed by atoms with Gasteiger partial charge < -0.3 is 15.2 Å². The molecular weight excluding hydrogens is 333 g/mol. The van der Waals surface area contributed by atoms with Crippen LogP contribution in [0.2, 0.25) is 0 Å². The number of nitrogens with zero attached hydrogens (tertiary/aromatic N) is 1. The minimum Gasteiger partial charge on any atom is -0.328 e. The van der Waals surface area contributed by atoms with Crippen LogP contribution in [0.3, 0.4) is 0 Å². The SMILES string of the molecule is O=C(Nc1cccc(F)c1)[C@@H]1CSCN1C(=O)c1ccc(=O)[nH]c1. The standard InChI is InChI=1S/C16H14FN3O3S/c17-11-2-1-3-12(6-11)19-15(22)13-8-24-9-20(13)16(23)10-4-5-14(21)18-7-10/h1-7,13H,8-9H2,(H,18,21)(H,19,22)/t13-/m0/s1. The van der Waals surface area contributed by atoms with Crippen LogP contribution in [0.4, 0.5) is 10.1 Å². The van der Waals surface area contributed by atoms with E-state index in [1.807, 2.05) is 0 Å². The van der Waals surface area contributed by atoms with Crippen LogP contribution in [0.1, 0.15) is 10.4 Å². The van der Waals surface area contributed by atoms with Crippen molar-refractivity contribution in [3.05, 3.63) is 64.3 Å². The minimum absolute atomic E-state index is 0.303. The van der Waals surface area contributed by atoms with E-state index in [-0.39, 0.29) is 17.4 Å². The van der Waals surface area contributed by atoms with Crippen LogP contribution in [0.15, 0.2) is 47.4 Å². The van der Waals surface area contributed by atoms with Crippen molar-refractivity contribution >= 4 is 29.3 Å². The normalized spacial score (nSPS) is 16.9. The number of H-pyrrole nitrogens is 1. The van der Waals surface area contributed by atoms with Gasteiger partial charge in [0.2, 0.25) is 11.5 Å². The Kier molecular flexibility index (Phi) is 4.66. The van der Waals surface area contributed by atoms with E-state index in [2.05, 4.69) is 10.3 Å². The number of thioether (sulfide) groups is 1. The summed E-state index contributed by atoms with van der Waals surface area (Å²) in [6, 6.07) is 7.61. The Bertz CT molecular complexity index is 819. The van der Waals surface area contributed by atoms with Gasteiger partial charge in [-0.3, -0.25) is 14.4 Å². The molecule has 0 spiro atoms. The molecule has 1 aliphatic rings. The van der Waals surface area contributed by atoms with Gasteiger partial charge in [-0.1, -0.05) is 6.07 Å². The average molecular weight is 347 g/mol. The van der Waals surface area contributed by atoms with Crippen LogP contribution in [0.5, 0.6) is 0 Å². The van der Waals surface area contributed by atoms with Crippen LogP contribution in [-0.4, -0.2) is 39.4 Å². The Hall–Kier alpha value is -2.61. The van der Waals surface area contributed by atoms with Crippen molar-refractivity contribution in [2.75, 3.05) is 16.9 Å². The van der Waals surface area contributed by atoms with E-state index in [4.69, 9.17) is 0 Å². The van der Waals surface area contributed by atoms with Gasteiger partial charge in [-0.15, -0.1) is 11.8 Å². The molecule has 0 unspecified atom stereocenters. The van der Waals surface area contributed by atoms with Crippen LogP contribution >= 0.6 is 11.8 Å². The number of carbonyl (C=O) groups is 2. The summed E-state index contributed by atoms with van der Waals surface area (Å²) in [5.41, 5.74) is 0.344. The predicted octanol–water partition coefficient (Wildman–Crippen LogP) is 1.67. The van der Waals surface area contributed by atoms with E-state index in [0.717, 1.165) is 0 Å². The summed E-state index contributed by atoms with van der Waals surface area (Å²) in [6.45, 7) is 0. The van der Waals surface area contributed by atoms with Gasteiger partial charge in [0.15, 0.2) is 0 Å². The maximum absolute atomic E-state index is 13.2. The summed E-state index contributed by atoms with van der Waals surface area (Å²) in [4.78, 5) is 39.9. The summed E-state index contributed by atoms with van der Waals surface area (Å²) in [6.07, 6.45) is 1.33. The maximum Gasteiger partial charge on any atom is 0.256 e. The van der Waals surface area contributed by atoms with Gasteiger partial charge in [-0.2, -0.15) is 0 Å². The molecule has 8 heteroatoms. The van der Waals surface area contributed by atoms with Crippen molar-refractivity contribution in [2.45, 2.75) is 6.04 Å². The molecule has 0 aliphatic carbocycles. The smallest absolute Gasteiger partial charge is 0.256 e. The zero-order valence-corrected chi connectivity index (χ0v) is 13.3. The van der Waals surface area contributed by atoms with Crippen LogP contribution < -0.4 is 10.9 Å². The zero-order valence-electron chi connectivity index (χ0n) is 12.5. The van der Waals surface area contributed by atoms with Crippen molar-refractivity contribution in [2.24, 2.45) is 0 Å². The molecule has 2 aromatic rings. The largest absolute Gasteiger partial charge is 0.328 e. The highest BCUT2D eigenvalue weighted by Gasteiger charge is 2.35. The third-order valence-corrected chi connectivity index (χ3v) is 4.58. The first-order chi connectivity index (χ1) is 11.5. The molecule has 1 atom stereocenters. The molecule has 1 aromatic heterocycles. The molecule has 24 heavy (non-hydrogen) atoms. The lowest BCUT2D eigenvalue weighted by Crippen LogP contribution is -2.44. The number of aromatic amines is 1. The van der Waals surface area contributed by atoms with Crippen molar-refractivity contribution in [3.63, 3.8) is 0 Å². The Balaban J connectivity index is 1.75. The Morgan fingerprint density at radius 3 is 2.83 bits per heavy atom. The van der Waals surface area contributed by atoms with Gasteiger partial charge in [-0.25, -0.2) is 4.39 Å². The van der Waals surface area contributed by atoms with Crippen LogP contribution in [-0.2, 0) is 4.79 Å². The summed E-state index contributed by atoms with van der Waals surface area (Å²) in [7, 11) is 0. The number of amides is 2. The molecule has 124 valence electrons. The number of pyridine rings is 1. The Labute approximate surface area is 141 Å². The maximum atomic E-state index is 13.2. The zero-order chi connectivity index (χ0) is 17.1. The summed E-state index contributed by atoms with van der Waals surface area (Å²) in [5, 5.41) is 2.63. The highest BCUT2D eigenvalue weighted by molar-refractivity contribution is 7.99. The van der Waals surface area contributed by atoms with Gasteiger partial charge in [0.1, 0.15) is 11.9 Å². The molecule has 2 N–H and O–H groups in total. The molecule has 1 aromatic carbocycles. The molecular formula is C16H14FN3O3S. The van der Waals surface area contributed by atoms with E-state index in [1.165, 1.54) is 53.2 Å². The molecule has 2 amide bonds. The third-order valence-electron chi connectivity index (χ3n) is 3.57. The first-order valence-corrected chi connectivity index (χ1v) is 8.34.